The summed E-state index contributed by atoms with van der Waals surface area (Å²) in [7, 11) is 1.62. The Labute approximate surface area is 219 Å². The lowest BCUT2D eigenvalue weighted by Gasteiger charge is -2.39. The zero-order chi connectivity index (χ0) is 26.1. The van der Waals surface area contributed by atoms with Gasteiger partial charge >= 0.3 is 0 Å². The molecule has 4 aromatic rings. The van der Waals surface area contributed by atoms with Gasteiger partial charge in [-0.25, -0.2) is 9.07 Å². The van der Waals surface area contributed by atoms with E-state index >= 15 is 0 Å². The largest absolute Gasteiger partial charge is 0.497 e. The smallest absolute Gasteiger partial charge is 0.253 e. The summed E-state index contributed by atoms with van der Waals surface area (Å²) in [6.07, 6.45) is 1.99. The van der Waals surface area contributed by atoms with E-state index in [-0.39, 0.29) is 17.5 Å². The first-order valence-electron chi connectivity index (χ1n) is 12.9. The molecule has 0 aliphatic carbocycles. The fraction of sp³-hybridized carbons (Fsp3) is 0.407. The molecule has 6 rings (SSSR count). The molecule has 0 amide bonds. The number of ether oxygens (including phenoxy) is 2. The van der Waals surface area contributed by atoms with E-state index in [1.165, 1.54) is 6.07 Å². The van der Waals surface area contributed by atoms with Gasteiger partial charge in [-0.3, -0.25) is 9.69 Å². The van der Waals surface area contributed by atoms with E-state index in [2.05, 4.69) is 25.4 Å². The zero-order valence-corrected chi connectivity index (χ0v) is 21.2. The molecule has 2 aliphatic heterocycles. The number of methoxy groups -OCH3 is 1. The van der Waals surface area contributed by atoms with Crippen LogP contribution in [0.5, 0.6) is 5.75 Å². The maximum Gasteiger partial charge on any atom is 0.253 e. The lowest BCUT2D eigenvalue weighted by molar-refractivity contribution is 0.0906. The van der Waals surface area contributed by atoms with Crippen molar-refractivity contribution in [1.82, 2.24) is 30.1 Å². The van der Waals surface area contributed by atoms with Crippen LogP contribution in [-0.2, 0) is 11.3 Å². The first-order chi connectivity index (χ1) is 18.6. The monoisotopic (exact) mass is 519 g/mol. The molecule has 2 saturated heterocycles. The van der Waals surface area contributed by atoms with Crippen LogP contribution in [0, 0.1) is 5.82 Å². The number of rotatable bonds is 7. The minimum absolute atomic E-state index is 0.0370. The predicted molar refractivity (Wildman–Crippen MR) is 140 cm³/mol. The van der Waals surface area contributed by atoms with Crippen molar-refractivity contribution in [3.8, 4) is 5.75 Å². The van der Waals surface area contributed by atoms with Crippen molar-refractivity contribution in [2.75, 3.05) is 44.8 Å². The summed E-state index contributed by atoms with van der Waals surface area (Å²) in [5.74, 6) is 1.05. The molecule has 2 atom stereocenters. The molecule has 38 heavy (non-hydrogen) atoms. The molecule has 0 spiro atoms. The summed E-state index contributed by atoms with van der Waals surface area (Å²) in [4.78, 5) is 20.7. The second-order valence-corrected chi connectivity index (χ2v) is 9.74. The lowest BCUT2D eigenvalue weighted by Crippen LogP contribution is -2.49. The number of nitrogens with one attached hydrogen (secondary N) is 1. The van der Waals surface area contributed by atoms with Crippen LogP contribution in [0.4, 0.5) is 10.1 Å². The Kier molecular flexibility index (Phi) is 6.77. The van der Waals surface area contributed by atoms with Gasteiger partial charge < -0.3 is 19.4 Å². The molecule has 11 heteroatoms. The van der Waals surface area contributed by atoms with E-state index < -0.39 is 6.04 Å². The van der Waals surface area contributed by atoms with Crippen LogP contribution in [0.15, 0.2) is 53.3 Å². The molecule has 0 unspecified atom stereocenters. The van der Waals surface area contributed by atoms with Crippen LogP contribution in [0.25, 0.3) is 10.9 Å². The topological polar surface area (TPSA) is 101 Å². The number of para-hydroxylation sites is 1. The van der Waals surface area contributed by atoms with Crippen molar-refractivity contribution in [3.63, 3.8) is 0 Å². The number of halogens is 1. The van der Waals surface area contributed by atoms with E-state index in [9.17, 15) is 9.18 Å². The van der Waals surface area contributed by atoms with E-state index in [0.717, 1.165) is 30.4 Å². The van der Waals surface area contributed by atoms with Gasteiger partial charge in [0.1, 0.15) is 17.6 Å². The second kappa shape index (κ2) is 10.5. The van der Waals surface area contributed by atoms with Gasteiger partial charge in [-0.05, 0) is 59.7 Å². The van der Waals surface area contributed by atoms with Crippen LogP contribution in [0.1, 0.15) is 30.3 Å². The number of hydrogen-bond acceptors (Lipinski definition) is 8. The number of hydrogen-bond donors (Lipinski definition) is 1. The normalized spacial score (nSPS) is 19.2. The standard InChI is InChI=1S/C27H30FN7O3/c1-37-19-8-9-23-18(15-19)16-21(27(36)29-23)25(26-30-31-32-35(26)17-20-5-4-14-38-20)34-12-10-33(11-13-34)24-7-3-2-6-22(24)28/h2-3,6-9,15-16,20,25H,4-5,10-14,17H2,1H3,(H,29,36)/t20-,25-/m0/s1. The summed E-state index contributed by atoms with van der Waals surface area (Å²) in [6, 6.07) is 13.8. The summed E-state index contributed by atoms with van der Waals surface area (Å²) in [5.41, 5.74) is 1.66. The number of pyridine rings is 1. The number of tetrazole rings is 1. The van der Waals surface area contributed by atoms with Crippen molar-refractivity contribution in [2.45, 2.75) is 31.5 Å². The number of fused-ring (bicyclic) bond motifs is 1. The molecule has 4 heterocycles. The third-order valence-electron chi connectivity index (χ3n) is 7.45. The average Bonchev–Trinajstić information content (AvgIpc) is 3.62. The molecule has 0 radical (unpaired) electrons. The van der Waals surface area contributed by atoms with E-state index in [0.29, 0.717) is 55.5 Å². The minimum Gasteiger partial charge on any atom is -0.497 e. The Balaban J connectivity index is 1.38. The third kappa shape index (κ3) is 4.74. The van der Waals surface area contributed by atoms with E-state index in [1.54, 1.807) is 23.9 Å². The van der Waals surface area contributed by atoms with Gasteiger partial charge in [0, 0.05) is 49.3 Å². The number of nitrogens with zero attached hydrogens (tertiary/aromatic N) is 6. The van der Waals surface area contributed by atoms with Gasteiger partial charge in [0.2, 0.25) is 0 Å². The fourth-order valence-electron chi connectivity index (χ4n) is 5.48. The molecular weight excluding hydrogens is 489 g/mol. The third-order valence-corrected chi connectivity index (χ3v) is 7.45. The first-order valence-corrected chi connectivity index (χ1v) is 12.9. The highest BCUT2D eigenvalue weighted by Gasteiger charge is 2.34. The second-order valence-electron chi connectivity index (χ2n) is 9.74. The van der Waals surface area contributed by atoms with Gasteiger partial charge in [0.15, 0.2) is 5.82 Å². The molecule has 2 aliphatic rings. The van der Waals surface area contributed by atoms with Crippen molar-refractivity contribution in [3.05, 3.63) is 76.1 Å². The molecular formula is C27H30FN7O3. The minimum atomic E-state index is -0.492. The van der Waals surface area contributed by atoms with Crippen LogP contribution < -0.4 is 15.2 Å². The number of anilines is 1. The van der Waals surface area contributed by atoms with Gasteiger partial charge in [0.25, 0.3) is 5.56 Å². The van der Waals surface area contributed by atoms with Gasteiger partial charge in [-0.2, -0.15) is 0 Å². The summed E-state index contributed by atoms with van der Waals surface area (Å²) >= 11 is 0. The predicted octanol–water partition coefficient (Wildman–Crippen LogP) is 2.75. The molecule has 1 N–H and O–H groups in total. The first kappa shape index (κ1) is 24.5. The molecule has 2 aromatic carbocycles. The van der Waals surface area contributed by atoms with Gasteiger partial charge in [-0.1, -0.05) is 12.1 Å². The number of aromatic amines is 1. The number of benzene rings is 2. The van der Waals surface area contributed by atoms with E-state index in [4.69, 9.17) is 9.47 Å². The number of aromatic nitrogens is 5. The Hall–Kier alpha value is -3.83. The highest BCUT2D eigenvalue weighted by Crippen LogP contribution is 2.30. The fourth-order valence-corrected chi connectivity index (χ4v) is 5.48. The summed E-state index contributed by atoms with van der Waals surface area (Å²) in [5, 5.41) is 13.5. The van der Waals surface area contributed by atoms with Crippen molar-refractivity contribution in [1.29, 1.82) is 0 Å². The van der Waals surface area contributed by atoms with E-state index in [1.807, 2.05) is 35.2 Å². The van der Waals surface area contributed by atoms with Crippen molar-refractivity contribution >= 4 is 16.6 Å². The maximum absolute atomic E-state index is 14.5. The Morgan fingerprint density at radius 3 is 2.76 bits per heavy atom. The zero-order valence-electron chi connectivity index (χ0n) is 21.2. The lowest BCUT2D eigenvalue weighted by atomic mass is 10.0. The van der Waals surface area contributed by atoms with Gasteiger partial charge in [0.05, 0.1) is 25.4 Å². The Bertz CT molecular complexity index is 1480. The highest BCUT2D eigenvalue weighted by atomic mass is 19.1. The Morgan fingerprint density at radius 2 is 2.00 bits per heavy atom. The molecule has 10 nitrogen and oxygen atoms in total. The molecule has 198 valence electrons. The van der Waals surface area contributed by atoms with Crippen molar-refractivity contribution in [2.24, 2.45) is 0 Å². The van der Waals surface area contributed by atoms with Crippen molar-refractivity contribution < 1.29 is 13.9 Å². The van der Waals surface area contributed by atoms with Gasteiger partial charge in [-0.15, -0.1) is 5.10 Å². The molecule has 0 saturated carbocycles. The van der Waals surface area contributed by atoms with Crippen LogP contribution in [0.2, 0.25) is 0 Å². The quantitative estimate of drug-likeness (QED) is 0.398. The Morgan fingerprint density at radius 1 is 1.16 bits per heavy atom. The van der Waals surface area contributed by atoms with Crippen LogP contribution >= 0.6 is 0 Å². The maximum atomic E-state index is 14.5. The average molecular weight is 520 g/mol. The van der Waals surface area contributed by atoms with Crippen LogP contribution in [0.3, 0.4) is 0 Å². The molecule has 2 fully saturated rings. The summed E-state index contributed by atoms with van der Waals surface area (Å²) in [6.45, 7) is 3.65. The number of piperazine rings is 1. The summed E-state index contributed by atoms with van der Waals surface area (Å²) < 4.78 is 27.5. The highest BCUT2D eigenvalue weighted by molar-refractivity contribution is 5.80. The van der Waals surface area contributed by atoms with Crippen LogP contribution in [-0.4, -0.2) is 76.1 Å². The number of H-pyrrole nitrogens is 1. The molecule has 2 aromatic heterocycles. The molecule has 0 bridgehead atoms. The SMILES string of the molecule is COc1ccc2[nH]c(=O)c([C@@H](c3nnnn3C[C@@H]3CCCO3)N3CCN(c4ccccc4F)CC3)cc2c1.